The quantitative estimate of drug-likeness (QED) is 0.644. The van der Waals surface area contributed by atoms with E-state index in [0.29, 0.717) is 0 Å². The minimum absolute atomic E-state index is 0.866. The lowest BCUT2D eigenvalue weighted by atomic mass is 10.4. The molecule has 0 aliphatic carbocycles. The Morgan fingerprint density at radius 2 is 1.69 bits per heavy atom. The molecule has 1 aromatic rings. The predicted octanol–water partition coefficient (Wildman–Crippen LogP) is 1.27. The van der Waals surface area contributed by atoms with E-state index in [4.69, 9.17) is 0 Å². The van der Waals surface area contributed by atoms with Crippen molar-refractivity contribution in [3.63, 3.8) is 0 Å². The van der Waals surface area contributed by atoms with Crippen molar-refractivity contribution < 1.29 is 0 Å². The summed E-state index contributed by atoms with van der Waals surface area (Å²) in [5, 5.41) is 1.76. The van der Waals surface area contributed by atoms with Crippen LogP contribution in [0, 0.1) is 0 Å². The van der Waals surface area contributed by atoms with Gasteiger partial charge in [-0.2, -0.15) is 0 Å². The smallest absolute Gasteiger partial charge is 0.0883 e. The molecule has 0 bridgehead atoms. The molecule has 0 aromatic carbocycles. The van der Waals surface area contributed by atoms with E-state index in [-0.39, 0.29) is 0 Å². The normalized spacial score (nSPS) is 11.9. The van der Waals surface area contributed by atoms with Gasteiger partial charge in [-0.05, 0) is 13.0 Å². The van der Waals surface area contributed by atoms with E-state index in [1.807, 2.05) is 32.9 Å². The van der Waals surface area contributed by atoms with E-state index in [1.165, 1.54) is 0 Å². The molecule has 0 radical (unpaired) electrons. The highest BCUT2D eigenvalue weighted by Gasteiger charge is 1.80. The highest BCUT2D eigenvalue weighted by atomic mass is 14.7. The third-order valence-corrected chi connectivity index (χ3v) is 1.31. The molecule has 0 atom stereocenters. The van der Waals surface area contributed by atoms with Gasteiger partial charge >= 0.3 is 0 Å². The molecule has 2 heteroatoms. The van der Waals surface area contributed by atoms with E-state index in [0.717, 1.165) is 10.7 Å². The molecule has 70 valence electrons. The first-order valence-electron chi connectivity index (χ1n) is 4.44. The molecule has 0 aliphatic heterocycles. The summed E-state index contributed by atoms with van der Waals surface area (Å²) in [5.74, 6) is 0. The fourth-order valence-corrected chi connectivity index (χ4v) is 0.822. The van der Waals surface area contributed by atoms with Crippen molar-refractivity contribution in [3.8, 4) is 0 Å². The SMILES string of the molecule is C=C/C=c1/nccn/c1=C/C.CC. The first-order valence-corrected chi connectivity index (χ1v) is 4.44. The van der Waals surface area contributed by atoms with Crippen molar-refractivity contribution in [2.45, 2.75) is 20.8 Å². The molecule has 0 aliphatic rings. The summed E-state index contributed by atoms with van der Waals surface area (Å²) < 4.78 is 0. The molecule has 0 fully saturated rings. The Bertz CT molecular complexity index is 353. The molecule has 0 unspecified atom stereocenters. The van der Waals surface area contributed by atoms with E-state index >= 15 is 0 Å². The lowest BCUT2D eigenvalue weighted by Gasteiger charge is -1.84. The summed E-state index contributed by atoms with van der Waals surface area (Å²) in [5.41, 5.74) is 0. The van der Waals surface area contributed by atoms with Gasteiger partial charge in [0.25, 0.3) is 0 Å². The van der Waals surface area contributed by atoms with E-state index < -0.39 is 0 Å². The lowest BCUT2D eigenvalue weighted by Crippen LogP contribution is -2.29. The number of rotatable bonds is 1. The Morgan fingerprint density at radius 3 is 2.15 bits per heavy atom. The predicted molar refractivity (Wildman–Crippen MR) is 57.4 cm³/mol. The Labute approximate surface area is 79.4 Å². The topological polar surface area (TPSA) is 25.8 Å². The van der Waals surface area contributed by atoms with Gasteiger partial charge < -0.3 is 0 Å². The minimum Gasteiger partial charge on any atom is -0.253 e. The average molecular weight is 176 g/mol. The molecule has 13 heavy (non-hydrogen) atoms. The Kier molecular flexibility index (Phi) is 6.42. The van der Waals surface area contributed by atoms with Gasteiger partial charge in [0.2, 0.25) is 0 Å². The van der Waals surface area contributed by atoms with Crippen LogP contribution in [0.1, 0.15) is 20.8 Å². The summed E-state index contributed by atoms with van der Waals surface area (Å²) in [7, 11) is 0. The summed E-state index contributed by atoms with van der Waals surface area (Å²) in [6.45, 7) is 9.53. The second-order valence-corrected chi connectivity index (χ2v) is 2.02. The van der Waals surface area contributed by atoms with Gasteiger partial charge in [-0.1, -0.05) is 32.6 Å². The van der Waals surface area contributed by atoms with Crippen molar-refractivity contribution in [1.29, 1.82) is 0 Å². The van der Waals surface area contributed by atoms with Crippen LogP contribution in [0.2, 0.25) is 0 Å². The summed E-state index contributed by atoms with van der Waals surface area (Å²) in [6.07, 6.45) is 8.81. The van der Waals surface area contributed by atoms with Crippen molar-refractivity contribution in [1.82, 2.24) is 9.97 Å². The molecule has 0 amide bonds. The van der Waals surface area contributed by atoms with Gasteiger partial charge in [-0.15, -0.1) is 0 Å². The van der Waals surface area contributed by atoms with Crippen molar-refractivity contribution >= 4 is 12.2 Å². The van der Waals surface area contributed by atoms with Gasteiger partial charge in [0.1, 0.15) is 0 Å². The molecular weight excluding hydrogens is 160 g/mol. The second-order valence-electron chi connectivity index (χ2n) is 2.02. The van der Waals surface area contributed by atoms with Crippen LogP contribution in [0.3, 0.4) is 0 Å². The molecule has 0 N–H and O–H groups in total. The maximum absolute atomic E-state index is 4.12. The first-order chi connectivity index (χ1) is 6.38. The van der Waals surface area contributed by atoms with E-state index in [9.17, 15) is 0 Å². The number of aromatic nitrogens is 2. The zero-order chi connectivity index (χ0) is 10.1. The Morgan fingerprint density at radius 1 is 1.15 bits per heavy atom. The zero-order valence-corrected chi connectivity index (χ0v) is 8.49. The van der Waals surface area contributed by atoms with Crippen LogP contribution in [-0.4, -0.2) is 9.97 Å². The van der Waals surface area contributed by atoms with E-state index in [1.54, 1.807) is 18.5 Å². The van der Waals surface area contributed by atoms with Gasteiger partial charge in [0.15, 0.2) is 0 Å². The largest absolute Gasteiger partial charge is 0.253 e. The van der Waals surface area contributed by atoms with Gasteiger partial charge in [0, 0.05) is 12.4 Å². The molecule has 1 aromatic heterocycles. The second kappa shape index (κ2) is 7.22. The highest BCUT2D eigenvalue weighted by Crippen LogP contribution is 1.63. The van der Waals surface area contributed by atoms with Gasteiger partial charge in [-0.3, -0.25) is 9.97 Å². The number of allylic oxidation sites excluding steroid dienone is 1. The third-order valence-electron chi connectivity index (χ3n) is 1.31. The van der Waals surface area contributed by atoms with Crippen LogP contribution >= 0.6 is 0 Å². The summed E-state index contributed by atoms with van der Waals surface area (Å²) in [4.78, 5) is 8.24. The lowest BCUT2D eigenvalue weighted by molar-refractivity contribution is 1.10. The maximum Gasteiger partial charge on any atom is 0.0883 e. The summed E-state index contributed by atoms with van der Waals surface area (Å²) >= 11 is 0. The highest BCUT2D eigenvalue weighted by molar-refractivity contribution is 5.33. The van der Waals surface area contributed by atoms with Gasteiger partial charge in [0.05, 0.1) is 10.7 Å². The molecule has 0 saturated carbocycles. The standard InChI is InChI=1S/C9H10N2.C2H6/c1-3-5-9-8(4-2)10-6-7-11-9;1-2/h3-7H,1H2,2H3;1-2H3/b8-4+,9-5+;. The molecule has 2 nitrogen and oxygen atoms in total. The minimum atomic E-state index is 0.866. The number of hydrogen-bond acceptors (Lipinski definition) is 2. The molecule has 0 saturated heterocycles. The van der Waals surface area contributed by atoms with Crippen LogP contribution in [0.4, 0.5) is 0 Å². The van der Waals surface area contributed by atoms with Crippen LogP contribution in [-0.2, 0) is 0 Å². The number of nitrogens with zero attached hydrogens (tertiary/aromatic N) is 2. The van der Waals surface area contributed by atoms with Crippen LogP contribution < -0.4 is 10.7 Å². The summed E-state index contributed by atoms with van der Waals surface area (Å²) in [6, 6.07) is 0. The Hall–Kier alpha value is -1.44. The van der Waals surface area contributed by atoms with Crippen molar-refractivity contribution in [2.24, 2.45) is 0 Å². The molecule has 1 rings (SSSR count). The van der Waals surface area contributed by atoms with E-state index in [2.05, 4.69) is 16.5 Å². The van der Waals surface area contributed by atoms with Gasteiger partial charge in [-0.25, -0.2) is 0 Å². The van der Waals surface area contributed by atoms with Crippen LogP contribution in [0.5, 0.6) is 0 Å². The monoisotopic (exact) mass is 176 g/mol. The third kappa shape index (κ3) is 3.65. The Balaban J connectivity index is 0.000000671. The molecule has 1 heterocycles. The zero-order valence-electron chi connectivity index (χ0n) is 8.49. The molecular formula is C11H16N2. The maximum atomic E-state index is 4.12. The van der Waals surface area contributed by atoms with Crippen LogP contribution in [0.15, 0.2) is 25.0 Å². The van der Waals surface area contributed by atoms with Crippen molar-refractivity contribution in [2.75, 3.05) is 0 Å². The number of hydrogen-bond donors (Lipinski definition) is 0. The first kappa shape index (κ1) is 11.6. The van der Waals surface area contributed by atoms with Crippen molar-refractivity contribution in [3.05, 3.63) is 35.7 Å². The van der Waals surface area contributed by atoms with Crippen LogP contribution in [0.25, 0.3) is 12.2 Å². The fourth-order valence-electron chi connectivity index (χ4n) is 0.822. The fraction of sp³-hybridized carbons (Fsp3) is 0.273. The molecule has 0 spiro atoms. The average Bonchev–Trinajstić information content (AvgIpc) is 2.22.